The fraction of sp³-hybridized carbons (Fsp3) is 0.368. The van der Waals surface area contributed by atoms with E-state index in [1.54, 1.807) is 0 Å². The van der Waals surface area contributed by atoms with Gasteiger partial charge in [0.05, 0.1) is 0 Å². The van der Waals surface area contributed by atoms with Crippen molar-refractivity contribution in [3.63, 3.8) is 0 Å². The van der Waals surface area contributed by atoms with Gasteiger partial charge in [-0.2, -0.15) is 0 Å². The standard InChI is InChI=1S/C19H23NO/c1-2-20-19(14-15-8-9-15)16-10-12-18(13-11-16)21-17-6-4-3-5-7-17/h3-7,10-13,15,19-20H,2,8-9,14H2,1H3. The Morgan fingerprint density at radius 3 is 2.29 bits per heavy atom. The molecule has 0 heterocycles. The van der Waals surface area contributed by atoms with Crippen LogP contribution in [0.2, 0.25) is 0 Å². The molecule has 0 bridgehead atoms. The molecule has 0 aromatic heterocycles. The number of hydrogen-bond acceptors (Lipinski definition) is 2. The van der Waals surface area contributed by atoms with Gasteiger partial charge in [0, 0.05) is 6.04 Å². The first-order chi connectivity index (χ1) is 10.3. The van der Waals surface area contributed by atoms with Gasteiger partial charge in [0.1, 0.15) is 11.5 Å². The predicted molar refractivity (Wildman–Crippen MR) is 86.7 cm³/mol. The maximum atomic E-state index is 5.85. The molecule has 1 fully saturated rings. The van der Waals surface area contributed by atoms with E-state index in [1.807, 2.05) is 30.3 Å². The summed E-state index contributed by atoms with van der Waals surface area (Å²) in [6.45, 7) is 3.19. The van der Waals surface area contributed by atoms with Crippen LogP contribution in [-0.2, 0) is 0 Å². The minimum absolute atomic E-state index is 0.480. The first-order valence-corrected chi connectivity index (χ1v) is 7.91. The largest absolute Gasteiger partial charge is 0.457 e. The number of nitrogens with one attached hydrogen (secondary N) is 1. The van der Waals surface area contributed by atoms with E-state index in [0.29, 0.717) is 6.04 Å². The third-order valence-corrected chi connectivity index (χ3v) is 3.98. The summed E-state index contributed by atoms with van der Waals surface area (Å²) in [5.74, 6) is 2.70. The third-order valence-electron chi connectivity index (χ3n) is 3.98. The molecular weight excluding hydrogens is 258 g/mol. The Hall–Kier alpha value is -1.80. The second kappa shape index (κ2) is 6.77. The minimum atomic E-state index is 0.480. The highest BCUT2D eigenvalue weighted by molar-refractivity contribution is 5.34. The molecule has 21 heavy (non-hydrogen) atoms. The minimum Gasteiger partial charge on any atom is -0.457 e. The van der Waals surface area contributed by atoms with E-state index in [9.17, 15) is 0 Å². The van der Waals surface area contributed by atoms with Crippen LogP contribution in [0.3, 0.4) is 0 Å². The predicted octanol–water partition coefficient (Wildman–Crippen LogP) is 4.93. The van der Waals surface area contributed by atoms with Crippen LogP contribution >= 0.6 is 0 Å². The molecule has 1 aliphatic rings. The summed E-state index contributed by atoms with van der Waals surface area (Å²) in [6.07, 6.45) is 4.06. The topological polar surface area (TPSA) is 21.3 Å². The molecule has 0 radical (unpaired) electrons. The van der Waals surface area contributed by atoms with Crippen LogP contribution in [0.5, 0.6) is 11.5 Å². The van der Waals surface area contributed by atoms with Crippen LogP contribution in [0.1, 0.15) is 37.8 Å². The second-order valence-electron chi connectivity index (χ2n) is 5.77. The van der Waals surface area contributed by atoms with Crippen LogP contribution in [0.15, 0.2) is 54.6 Å². The fourth-order valence-corrected chi connectivity index (χ4v) is 2.66. The smallest absolute Gasteiger partial charge is 0.127 e. The van der Waals surface area contributed by atoms with Gasteiger partial charge in [0.15, 0.2) is 0 Å². The Labute approximate surface area is 127 Å². The van der Waals surface area contributed by atoms with E-state index in [0.717, 1.165) is 24.0 Å². The summed E-state index contributed by atoms with van der Waals surface area (Å²) < 4.78 is 5.85. The van der Waals surface area contributed by atoms with Crippen molar-refractivity contribution in [3.8, 4) is 11.5 Å². The Kier molecular flexibility index (Phi) is 4.56. The monoisotopic (exact) mass is 281 g/mol. The molecule has 2 nitrogen and oxygen atoms in total. The normalized spacial score (nSPS) is 15.7. The summed E-state index contributed by atoms with van der Waals surface area (Å²) >= 11 is 0. The fourth-order valence-electron chi connectivity index (χ4n) is 2.66. The van der Waals surface area contributed by atoms with Crippen LogP contribution in [0, 0.1) is 5.92 Å². The number of para-hydroxylation sites is 1. The van der Waals surface area contributed by atoms with Crippen molar-refractivity contribution < 1.29 is 4.74 Å². The lowest BCUT2D eigenvalue weighted by molar-refractivity contribution is 0.475. The maximum Gasteiger partial charge on any atom is 0.127 e. The van der Waals surface area contributed by atoms with Gasteiger partial charge in [-0.3, -0.25) is 0 Å². The number of ether oxygens (including phenoxy) is 1. The molecule has 1 unspecified atom stereocenters. The highest BCUT2D eigenvalue weighted by Crippen LogP contribution is 2.38. The lowest BCUT2D eigenvalue weighted by atomic mass is 10.0. The van der Waals surface area contributed by atoms with Gasteiger partial charge in [-0.15, -0.1) is 0 Å². The van der Waals surface area contributed by atoms with Crippen LogP contribution in [-0.4, -0.2) is 6.54 Å². The molecule has 0 spiro atoms. The lowest BCUT2D eigenvalue weighted by Crippen LogP contribution is -2.21. The quantitative estimate of drug-likeness (QED) is 0.777. The molecule has 0 amide bonds. The molecule has 1 saturated carbocycles. The van der Waals surface area contributed by atoms with E-state index in [-0.39, 0.29) is 0 Å². The third kappa shape index (κ3) is 4.08. The summed E-state index contributed by atoms with van der Waals surface area (Å²) in [4.78, 5) is 0. The van der Waals surface area contributed by atoms with Crippen molar-refractivity contribution in [1.82, 2.24) is 5.32 Å². The van der Waals surface area contributed by atoms with Crippen molar-refractivity contribution >= 4 is 0 Å². The maximum absolute atomic E-state index is 5.85. The number of rotatable bonds is 7. The van der Waals surface area contributed by atoms with Gasteiger partial charge >= 0.3 is 0 Å². The molecular formula is C19H23NO. The summed E-state index contributed by atoms with van der Waals surface area (Å²) in [6, 6.07) is 18.9. The average Bonchev–Trinajstić information content (AvgIpc) is 3.33. The van der Waals surface area contributed by atoms with E-state index < -0.39 is 0 Å². The van der Waals surface area contributed by atoms with E-state index >= 15 is 0 Å². The average molecular weight is 281 g/mol. The summed E-state index contributed by atoms with van der Waals surface area (Å²) in [5, 5.41) is 3.60. The Morgan fingerprint density at radius 1 is 1.00 bits per heavy atom. The lowest BCUT2D eigenvalue weighted by Gasteiger charge is -2.18. The molecule has 0 aliphatic heterocycles. The van der Waals surface area contributed by atoms with Crippen molar-refractivity contribution in [2.75, 3.05) is 6.54 Å². The number of hydrogen-bond donors (Lipinski definition) is 1. The van der Waals surface area contributed by atoms with Crippen LogP contribution in [0.4, 0.5) is 0 Å². The molecule has 2 heteroatoms. The van der Waals surface area contributed by atoms with Crippen molar-refractivity contribution in [1.29, 1.82) is 0 Å². The molecule has 1 atom stereocenters. The highest BCUT2D eigenvalue weighted by Gasteiger charge is 2.25. The molecule has 0 saturated heterocycles. The molecule has 2 aromatic carbocycles. The van der Waals surface area contributed by atoms with Crippen molar-refractivity contribution in [2.24, 2.45) is 5.92 Å². The Morgan fingerprint density at radius 2 is 1.67 bits per heavy atom. The molecule has 110 valence electrons. The van der Waals surface area contributed by atoms with Gasteiger partial charge in [-0.25, -0.2) is 0 Å². The SMILES string of the molecule is CCNC(CC1CC1)c1ccc(Oc2ccccc2)cc1. The van der Waals surface area contributed by atoms with E-state index in [4.69, 9.17) is 4.74 Å². The first-order valence-electron chi connectivity index (χ1n) is 7.91. The summed E-state index contributed by atoms with van der Waals surface area (Å²) in [5.41, 5.74) is 1.36. The van der Waals surface area contributed by atoms with Gasteiger partial charge in [0.2, 0.25) is 0 Å². The zero-order valence-electron chi connectivity index (χ0n) is 12.6. The zero-order valence-corrected chi connectivity index (χ0v) is 12.6. The van der Waals surface area contributed by atoms with Gasteiger partial charge < -0.3 is 10.1 Å². The first kappa shape index (κ1) is 14.2. The molecule has 3 rings (SSSR count). The van der Waals surface area contributed by atoms with E-state index in [2.05, 4.69) is 36.5 Å². The molecule has 1 aliphatic carbocycles. The zero-order chi connectivity index (χ0) is 14.5. The van der Waals surface area contributed by atoms with Crippen molar-refractivity contribution in [2.45, 2.75) is 32.2 Å². The second-order valence-corrected chi connectivity index (χ2v) is 5.77. The van der Waals surface area contributed by atoms with Gasteiger partial charge in [-0.1, -0.05) is 50.1 Å². The Bertz CT molecular complexity index is 546. The van der Waals surface area contributed by atoms with Gasteiger partial charge in [-0.05, 0) is 48.7 Å². The Balaban J connectivity index is 1.67. The molecule has 1 N–H and O–H groups in total. The van der Waals surface area contributed by atoms with E-state index in [1.165, 1.54) is 24.8 Å². The van der Waals surface area contributed by atoms with Crippen LogP contribution < -0.4 is 10.1 Å². The summed E-state index contributed by atoms with van der Waals surface area (Å²) in [7, 11) is 0. The van der Waals surface area contributed by atoms with Crippen LogP contribution in [0.25, 0.3) is 0 Å². The van der Waals surface area contributed by atoms with Crippen molar-refractivity contribution in [3.05, 3.63) is 60.2 Å². The van der Waals surface area contributed by atoms with Gasteiger partial charge in [0.25, 0.3) is 0 Å². The highest BCUT2D eigenvalue weighted by atomic mass is 16.5. The number of benzene rings is 2. The molecule has 2 aromatic rings.